The summed E-state index contributed by atoms with van der Waals surface area (Å²) in [6, 6.07) is 24.0. The number of carbonyl (C=O) groups is 4. The van der Waals surface area contributed by atoms with Crippen molar-refractivity contribution in [3.63, 3.8) is 0 Å². The first-order valence-corrected chi connectivity index (χ1v) is 18.7. The van der Waals surface area contributed by atoms with E-state index in [0.717, 1.165) is 5.56 Å². The number of nitrogens with one attached hydrogen (secondary N) is 4. The monoisotopic (exact) mass is 838 g/mol. The van der Waals surface area contributed by atoms with Gasteiger partial charge in [-0.2, -0.15) is 0 Å². The van der Waals surface area contributed by atoms with Gasteiger partial charge in [-0.3, -0.25) is 19.7 Å². The van der Waals surface area contributed by atoms with E-state index in [-0.39, 0.29) is 47.3 Å². The molecule has 0 aliphatic carbocycles. The first-order chi connectivity index (χ1) is 28.6. The number of ketones is 1. The van der Waals surface area contributed by atoms with Gasteiger partial charge in [0.1, 0.15) is 30.3 Å². The highest BCUT2D eigenvalue weighted by atomic mass is 35.5. The lowest BCUT2D eigenvalue weighted by molar-refractivity contribution is -0.116. The first-order valence-electron chi connectivity index (χ1n) is 18.0. The van der Waals surface area contributed by atoms with Crippen LogP contribution in [0.5, 0.6) is 23.0 Å². The number of anilines is 3. The van der Waals surface area contributed by atoms with Crippen LogP contribution >= 0.6 is 23.2 Å². The molecule has 0 spiro atoms. The number of aromatic nitrogens is 2. The lowest BCUT2D eigenvalue weighted by Crippen LogP contribution is -2.42. The van der Waals surface area contributed by atoms with Crippen molar-refractivity contribution in [2.75, 3.05) is 37.6 Å². The minimum Gasteiger partial charge on any atom is -0.493 e. The molecule has 14 nitrogen and oxygen atoms in total. The number of Topliss-reactive ketones (excluding diaryl/α,β-unsaturated/α-hetero) is 1. The molecular weight excluding hydrogens is 806 g/mol. The smallest absolute Gasteiger partial charge is 0.319 e. The second kappa shape index (κ2) is 18.2. The molecule has 300 valence electrons. The zero-order chi connectivity index (χ0) is 41.5. The molecule has 0 unspecified atom stereocenters. The Morgan fingerprint density at radius 1 is 0.831 bits per heavy atom. The molecule has 5 aromatic carbocycles. The van der Waals surface area contributed by atoms with Gasteiger partial charge in [0.15, 0.2) is 17.3 Å². The van der Waals surface area contributed by atoms with Gasteiger partial charge in [-0.1, -0.05) is 53.5 Å². The number of hydrogen-bond donors (Lipinski definition) is 4. The number of amides is 4. The molecule has 1 aromatic heterocycles. The zero-order valence-corrected chi connectivity index (χ0v) is 32.6. The molecule has 0 saturated heterocycles. The van der Waals surface area contributed by atoms with Gasteiger partial charge in [0.05, 0.1) is 42.1 Å². The van der Waals surface area contributed by atoms with Crippen molar-refractivity contribution in [2.45, 2.75) is 13.0 Å². The Bertz CT molecular complexity index is 2610. The standard InChI is InChI=1S/C42H33Cl2FN6O8/c1-56-34-20-32-28(39(48-22-47-32)50-31-9-4-8-29(43)37(31)45)19-35(34)58-16-15-57-14-13-24-11-12-25(18-30(24)44)49-42(55)46-21-23-5-2-6-26(17-23)59-33-10-3-7-27-36(33)40(53)51-41(54)38(27)52/h2-12,17-20,22H,13-16,21H2,1H3,(H2,46,49,55)(H,47,48,50)(H,51,53,54). The minimum atomic E-state index is -0.993. The summed E-state index contributed by atoms with van der Waals surface area (Å²) in [5.41, 5.74) is 2.64. The topological polar surface area (TPSA) is 179 Å². The summed E-state index contributed by atoms with van der Waals surface area (Å²) in [6.45, 7) is 0.941. The predicted octanol–water partition coefficient (Wildman–Crippen LogP) is 8.03. The Hall–Kier alpha value is -6.81. The summed E-state index contributed by atoms with van der Waals surface area (Å²) in [6.07, 6.45) is 1.86. The van der Waals surface area contributed by atoms with E-state index in [9.17, 15) is 23.6 Å². The van der Waals surface area contributed by atoms with Crippen LogP contribution in [0.25, 0.3) is 10.9 Å². The molecule has 7 rings (SSSR count). The number of halogens is 3. The van der Waals surface area contributed by atoms with Gasteiger partial charge in [0.2, 0.25) is 0 Å². The molecule has 4 amide bonds. The lowest BCUT2D eigenvalue weighted by Gasteiger charge is -2.18. The van der Waals surface area contributed by atoms with Gasteiger partial charge >= 0.3 is 6.03 Å². The van der Waals surface area contributed by atoms with Crippen molar-refractivity contribution in [2.24, 2.45) is 0 Å². The van der Waals surface area contributed by atoms with Crippen molar-refractivity contribution in [3.8, 4) is 23.0 Å². The van der Waals surface area contributed by atoms with E-state index in [1.807, 2.05) is 5.32 Å². The van der Waals surface area contributed by atoms with Gasteiger partial charge < -0.3 is 34.9 Å². The molecule has 2 heterocycles. The van der Waals surface area contributed by atoms with E-state index >= 15 is 0 Å². The fraction of sp³-hybridized carbons (Fsp3) is 0.143. The average molecular weight is 840 g/mol. The van der Waals surface area contributed by atoms with Crippen LogP contribution in [0, 0.1) is 5.82 Å². The number of imide groups is 1. The Morgan fingerprint density at radius 2 is 1.66 bits per heavy atom. The Balaban J connectivity index is 0.869. The summed E-state index contributed by atoms with van der Waals surface area (Å²) >= 11 is 12.5. The van der Waals surface area contributed by atoms with E-state index in [4.69, 9.17) is 42.1 Å². The summed E-state index contributed by atoms with van der Waals surface area (Å²) < 4.78 is 37.8. The first kappa shape index (κ1) is 40.4. The van der Waals surface area contributed by atoms with E-state index in [2.05, 4.69) is 25.9 Å². The fourth-order valence-electron chi connectivity index (χ4n) is 6.07. The number of nitrogens with zero attached hydrogens (tertiary/aromatic N) is 2. The van der Waals surface area contributed by atoms with Crippen LogP contribution in [-0.2, 0) is 22.5 Å². The van der Waals surface area contributed by atoms with Crippen molar-refractivity contribution in [1.82, 2.24) is 20.6 Å². The molecule has 0 saturated carbocycles. The Kier molecular flexibility index (Phi) is 12.5. The van der Waals surface area contributed by atoms with Crippen molar-refractivity contribution in [3.05, 3.63) is 135 Å². The maximum Gasteiger partial charge on any atom is 0.319 e. The number of rotatable bonds is 15. The van der Waals surface area contributed by atoms with Crippen LogP contribution in [-0.4, -0.2) is 60.5 Å². The molecule has 59 heavy (non-hydrogen) atoms. The quantitative estimate of drug-likeness (QED) is 0.0447. The van der Waals surface area contributed by atoms with Crippen LogP contribution in [0.1, 0.15) is 31.8 Å². The molecule has 1 aliphatic rings. The highest BCUT2D eigenvalue weighted by Gasteiger charge is 2.33. The molecule has 17 heteroatoms. The Morgan fingerprint density at radius 3 is 2.49 bits per heavy atom. The van der Waals surface area contributed by atoms with E-state index in [1.54, 1.807) is 66.7 Å². The van der Waals surface area contributed by atoms with E-state index in [1.165, 1.54) is 37.7 Å². The number of carbonyl (C=O) groups excluding carboxylic acids is 4. The van der Waals surface area contributed by atoms with Crippen molar-refractivity contribution in [1.29, 1.82) is 0 Å². The number of ether oxygens (including phenoxy) is 4. The SMILES string of the molecule is COc1cc2ncnc(Nc3cccc(Cl)c3F)c2cc1OCCOCCc1ccc(NC(=O)NCc2cccc(Oc3cccc4c3C(=O)NC(=O)C4=O)c2)cc1Cl. The maximum atomic E-state index is 14.6. The van der Waals surface area contributed by atoms with Gasteiger partial charge in [-0.25, -0.2) is 19.2 Å². The molecule has 1 aliphatic heterocycles. The van der Waals surface area contributed by atoms with Crippen LogP contribution in [0.2, 0.25) is 10.0 Å². The molecule has 6 aromatic rings. The number of urea groups is 1. The van der Waals surface area contributed by atoms with Gasteiger partial charge in [0, 0.05) is 34.3 Å². The molecule has 0 bridgehead atoms. The molecule has 4 N–H and O–H groups in total. The Labute approximate surface area is 345 Å². The van der Waals surface area contributed by atoms with Crippen LogP contribution in [0.15, 0.2) is 97.3 Å². The number of hydrogen-bond acceptors (Lipinski definition) is 11. The van der Waals surface area contributed by atoms with Gasteiger partial charge in [0.25, 0.3) is 17.6 Å². The molecule has 0 radical (unpaired) electrons. The maximum absolute atomic E-state index is 14.6. The number of fused-ring (bicyclic) bond motifs is 2. The van der Waals surface area contributed by atoms with Crippen LogP contribution in [0.3, 0.4) is 0 Å². The third-order valence-corrected chi connectivity index (χ3v) is 9.59. The average Bonchev–Trinajstić information content (AvgIpc) is 3.22. The van der Waals surface area contributed by atoms with Crippen molar-refractivity contribution < 1.29 is 42.5 Å². The van der Waals surface area contributed by atoms with Gasteiger partial charge in [-0.15, -0.1) is 0 Å². The summed E-state index contributed by atoms with van der Waals surface area (Å²) in [5, 5.41) is 11.5. The van der Waals surface area contributed by atoms with Crippen molar-refractivity contribution >= 4 is 74.9 Å². The highest BCUT2D eigenvalue weighted by Crippen LogP contribution is 2.36. The second-order valence-electron chi connectivity index (χ2n) is 12.8. The number of benzene rings is 5. The normalized spacial score (nSPS) is 12.1. The fourth-order valence-corrected chi connectivity index (χ4v) is 6.52. The van der Waals surface area contributed by atoms with Gasteiger partial charge in [-0.05, 0) is 72.1 Å². The summed E-state index contributed by atoms with van der Waals surface area (Å²) in [7, 11) is 1.52. The van der Waals surface area contributed by atoms with E-state index in [0.29, 0.717) is 63.3 Å². The molecular formula is C42H33Cl2FN6O8. The second-order valence-corrected chi connectivity index (χ2v) is 13.6. The van der Waals surface area contributed by atoms with E-state index < -0.39 is 29.4 Å². The third-order valence-electron chi connectivity index (χ3n) is 8.95. The third kappa shape index (κ3) is 9.50. The van der Waals surface area contributed by atoms with Crippen LogP contribution in [0.4, 0.5) is 26.4 Å². The highest BCUT2D eigenvalue weighted by molar-refractivity contribution is 6.49. The zero-order valence-electron chi connectivity index (χ0n) is 31.1. The summed E-state index contributed by atoms with van der Waals surface area (Å²) in [5.74, 6) is -1.46. The summed E-state index contributed by atoms with van der Waals surface area (Å²) in [4.78, 5) is 57.8. The predicted molar refractivity (Wildman–Crippen MR) is 218 cm³/mol. The molecule has 0 fully saturated rings. The van der Waals surface area contributed by atoms with Crippen LogP contribution < -0.4 is 35.5 Å². The largest absolute Gasteiger partial charge is 0.493 e. The number of methoxy groups -OCH3 is 1. The lowest BCUT2D eigenvalue weighted by atomic mass is 9.98. The minimum absolute atomic E-state index is 0.0214. The molecule has 0 atom stereocenters.